The first-order valence-corrected chi connectivity index (χ1v) is 11.8. The molecular formula is C21H26N6O7S. The average Bonchev–Trinajstić information content (AvgIpc) is 2.81. The van der Waals surface area contributed by atoms with E-state index < -0.39 is 44.1 Å². The maximum atomic E-state index is 13.2. The van der Waals surface area contributed by atoms with Crippen LogP contribution in [-0.2, 0) is 24.3 Å². The first-order valence-electron chi connectivity index (χ1n) is 10.3. The number of hydrogen-bond acceptors (Lipinski definition) is 8. The number of carbonyl (C=O) groups excluding carboxylic acids is 3. The minimum atomic E-state index is -4.51. The molecule has 188 valence electrons. The van der Waals surface area contributed by atoms with Crippen LogP contribution >= 0.6 is 0 Å². The van der Waals surface area contributed by atoms with Crippen LogP contribution in [0.5, 0.6) is 0 Å². The fourth-order valence-corrected chi connectivity index (χ4v) is 4.59. The van der Waals surface area contributed by atoms with Crippen molar-refractivity contribution in [1.29, 1.82) is 5.41 Å². The summed E-state index contributed by atoms with van der Waals surface area (Å²) in [5.41, 5.74) is 3.42. The van der Waals surface area contributed by atoms with Crippen LogP contribution in [-0.4, -0.2) is 57.2 Å². The Kier molecular flexibility index (Phi) is 9.11. The summed E-state index contributed by atoms with van der Waals surface area (Å²) in [5, 5.41) is 9.75. The lowest BCUT2D eigenvalue weighted by molar-refractivity contribution is -0.119. The van der Waals surface area contributed by atoms with Gasteiger partial charge in [0.15, 0.2) is 5.96 Å². The third kappa shape index (κ3) is 6.66. The van der Waals surface area contributed by atoms with Gasteiger partial charge in [0, 0.05) is 19.7 Å². The number of esters is 1. The van der Waals surface area contributed by atoms with Gasteiger partial charge in [-0.15, -0.1) is 0 Å². The largest absolute Gasteiger partial charge is 0.465 e. The van der Waals surface area contributed by atoms with Gasteiger partial charge in [-0.1, -0.05) is 12.1 Å². The molecule has 1 aromatic heterocycles. The summed E-state index contributed by atoms with van der Waals surface area (Å²) in [5.74, 6) is -1.78. The number of nitrogens with zero attached hydrogens (tertiary/aromatic N) is 1. The summed E-state index contributed by atoms with van der Waals surface area (Å²) in [6.45, 7) is 1.42. The molecule has 2 aromatic rings. The number of methoxy groups -OCH3 is 1. The number of ether oxygens (including phenoxy) is 1. The third-order valence-electron chi connectivity index (χ3n) is 4.84. The smallest absolute Gasteiger partial charge is 0.339 e. The molecule has 14 heteroatoms. The van der Waals surface area contributed by atoms with E-state index in [2.05, 4.69) is 19.8 Å². The molecule has 0 saturated heterocycles. The van der Waals surface area contributed by atoms with Crippen LogP contribution in [0.4, 0.5) is 11.4 Å². The molecular weight excluding hydrogens is 480 g/mol. The fourth-order valence-electron chi connectivity index (χ4n) is 3.31. The number of aromatic amines is 1. The molecule has 2 rings (SSSR count). The zero-order valence-electron chi connectivity index (χ0n) is 19.0. The van der Waals surface area contributed by atoms with Gasteiger partial charge in [0.2, 0.25) is 5.91 Å². The van der Waals surface area contributed by atoms with Gasteiger partial charge in [-0.3, -0.25) is 19.7 Å². The number of anilines is 2. The Labute approximate surface area is 201 Å². The minimum absolute atomic E-state index is 0.132. The summed E-state index contributed by atoms with van der Waals surface area (Å²) < 4.78 is 33.1. The second-order valence-corrected chi connectivity index (χ2v) is 8.89. The number of guanidine groups is 1. The number of H-pyrrole nitrogens is 1. The lowest BCUT2D eigenvalue weighted by Gasteiger charge is -2.29. The maximum absolute atomic E-state index is 13.2. The van der Waals surface area contributed by atoms with Crippen molar-refractivity contribution in [3.8, 4) is 0 Å². The topological polar surface area (TPSA) is 205 Å². The Hall–Kier alpha value is -4.20. The molecule has 35 heavy (non-hydrogen) atoms. The highest BCUT2D eigenvalue weighted by atomic mass is 32.2. The zero-order valence-corrected chi connectivity index (χ0v) is 19.8. The van der Waals surface area contributed by atoms with Crippen LogP contribution in [0.2, 0.25) is 0 Å². The number of benzene rings is 1. The molecule has 0 spiro atoms. The molecule has 1 amide bonds. The molecule has 0 aliphatic rings. The average molecular weight is 507 g/mol. The van der Waals surface area contributed by atoms with Gasteiger partial charge >= 0.3 is 5.97 Å². The second kappa shape index (κ2) is 11.8. The van der Waals surface area contributed by atoms with Gasteiger partial charge < -0.3 is 30.5 Å². The van der Waals surface area contributed by atoms with E-state index in [-0.39, 0.29) is 30.2 Å². The number of nitrogens with two attached hydrogens (primary N) is 1. The number of rotatable bonds is 11. The van der Waals surface area contributed by atoms with Gasteiger partial charge in [-0.2, -0.15) is 0 Å². The van der Waals surface area contributed by atoms with Crippen molar-refractivity contribution in [3.63, 3.8) is 0 Å². The molecule has 0 aliphatic carbocycles. The molecule has 0 bridgehead atoms. The second-order valence-electron chi connectivity index (χ2n) is 7.24. The van der Waals surface area contributed by atoms with Gasteiger partial charge in [-0.05, 0) is 31.0 Å². The maximum Gasteiger partial charge on any atom is 0.339 e. The first kappa shape index (κ1) is 27.0. The third-order valence-corrected chi connectivity index (χ3v) is 6.24. The molecule has 1 atom stereocenters. The summed E-state index contributed by atoms with van der Waals surface area (Å²) in [4.78, 5) is 52.0. The van der Waals surface area contributed by atoms with Crippen molar-refractivity contribution in [3.05, 3.63) is 52.4 Å². The lowest BCUT2D eigenvalue weighted by atomic mass is 10.1. The van der Waals surface area contributed by atoms with Gasteiger partial charge in [0.1, 0.15) is 16.9 Å². The first-order chi connectivity index (χ1) is 16.5. The number of sulfonamides is 1. The summed E-state index contributed by atoms with van der Waals surface area (Å²) in [6, 6.07) is 5.46. The number of amides is 1. The van der Waals surface area contributed by atoms with Crippen LogP contribution in [0.3, 0.4) is 0 Å². The normalized spacial score (nSPS) is 11.7. The van der Waals surface area contributed by atoms with Crippen LogP contribution in [0, 0.1) is 5.41 Å². The van der Waals surface area contributed by atoms with Crippen LogP contribution < -0.4 is 26.2 Å². The summed E-state index contributed by atoms with van der Waals surface area (Å²) in [7, 11) is -3.42. The van der Waals surface area contributed by atoms with E-state index >= 15 is 0 Å². The van der Waals surface area contributed by atoms with Gasteiger partial charge in [0.25, 0.3) is 15.6 Å². The Morgan fingerprint density at radius 1 is 1.29 bits per heavy atom. The molecule has 0 aliphatic heterocycles. The quantitative estimate of drug-likeness (QED) is 0.0923. The molecule has 1 aromatic carbocycles. The van der Waals surface area contributed by atoms with Crippen LogP contribution in [0.15, 0.2) is 46.2 Å². The van der Waals surface area contributed by atoms with E-state index in [0.717, 1.165) is 25.0 Å². The Balaban J connectivity index is 2.51. The number of pyridine rings is 1. The van der Waals surface area contributed by atoms with Crippen LogP contribution in [0.25, 0.3) is 0 Å². The van der Waals surface area contributed by atoms with Gasteiger partial charge in [0.05, 0.1) is 24.4 Å². The molecule has 0 saturated carbocycles. The van der Waals surface area contributed by atoms with E-state index in [9.17, 15) is 27.6 Å². The van der Waals surface area contributed by atoms with Crippen molar-refractivity contribution in [2.24, 2.45) is 5.73 Å². The highest BCUT2D eigenvalue weighted by Crippen LogP contribution is 2.28. The van der Waals surface area contributed by atoms with Crippen LogP contribution in [0.1, 0.15) is 30.1 Å². The van der Waals surface area contributed by atoms with E-state index in [4.69, 9.17) is 11.1 Å². The number of hydrogen-bond donors (Lipinski definition) is 5. The van der Waals surface area contributed by atoms with Crippen molar-refractivity contribution >= 4 is 45.5 Å². The number of aromatic nitrogens is 1. The highest BCUT2D eigenvalue weighted by molar-refractivity contribution is 7.92. The number of nitrogens with one attached hydrogen (secondary N) is 4. The Morgan fingerprint density at radius 2 is 1.97 bits per heavy atom. The predicted octanol–water partition coefficient (Wildman–Crippen LogP) is 0.146. The van der Waals surface area contributed by atoms with Crippen molar-refractivity contribution in [2.75, 3.05) is 23.3 Å². The Bertz CT molecular complexity index is 1270. The monoisotopic (exact) mass is 506 g/mol. The van der Waals surface area contributed by atoms with E-state index in [0.29, 0.717) is 12.7 Å². The number of carbonyl (C=O) groups is 3. The molecule has 0 unspecified atom stereocenters. The highest BCUT2D eigenvalue weighted by Gasteiger charge is 2.29. The van der Waals surface area contributed by atoms with Crippen molar-refractivity contribution < 1.29 is 27.5 Å². The minimum Gasteiger partial charge on any atom is -0.465 e. The van der Waals surface area contributed by atoms with Gasteiger partial charge in [-0.25, -0.2) is 13.2 Å². The van der Waals surface area contributed by atoms with E-state index in [1.54, 1.807) is 0 Å². The molecule has 13 nitrogen and oxygen atoms in total. The van der Waals surface area contributed by atoms with Crippen molar-refractivity contribution in [1.82, 2.24) is 10.3 Å². The van der Waals surface area contributed by atoms with E-state index in [1.165, 1.54) is 30.5 Å². The molecule has 0 fully saturated rings. The Morgan fingerprint density at radius 3 is 2.57 bits per heavy atom. The SMILES string of the molecule is COC(=O)c1ccccc1S(=O)(=O)Nc1c(N(C(C)=O)[C@H](C=O)CCCNC(=N)N)cc[nH]c1=O. The predicted molar refractivity (Wildman–Crippen MR) is 128 cm³/mol. The standard InChI is InChI=1S/C21H26N6O7S/c1-13(29)27(14(12-28)6-5-10-25-21(22)23)16-9-11-24-19(30)18(16)26-35(32,33)17-8-4-3-7-15(17)20(31)34-2/h3-4,7-9,11-12,14,26H,5-6,10H2,1-2H3,(H,24,30)(H4,22,23,25)/t14-/m0/s1. The molecule has 0 radical (unpaired) electrons. The van der Waals surface area contributed by atoms with Crippen molar-refractivity contribution in [2.45, 2.75) is 30.7 Å². The fraction of sp³-hybridized carbons (Fsp3) is 0.286. The summed E-state index contributed by atoms with van der Waals surface area (Å²) in [6.07, 6.45) is 2.17. The lowest BCUT2D eigenvalue weighted by Crippen LogP contribution is -2.42. The zero-order chi connectivity index (χ0) is 26.2. The molecule has 6 N–H and O–H groups in total. The summed E-state index contributed by atoms with van der Waals surface area (Å²) >= 11 is 0. The van der Waals surface area contributed by atoms with E-state index in [1.807, 2.05) is 0 Å². The number of aldehydes is 1. The molecule has 1 heterocycles.